The number of carbonyl (C=O) groups is 2. The maximum atomic E-state index is 13.6. The molecule has 1 heterocycles. The van der Waals surface area contributed by atoms with Crippen molar-refractivity contribution in [3.8, 4) is 5.75 Å². The molecule has 0 atom stereocenters. The first-order chi connectivity index (χ1) is 19.4. The van der Waals surface area contributed by atoms with Crippen molar-refractivity contribution in [2.75, 3.05) is 24.1 Å². The van der Waals surface area contributed by atoms with Crippen LogP contribution in [0.1, 0.15) is 23.2 Å². The van der Waals surface area contributed by atoms with E-state index >= 15 is 0 Å². The summed E-state index contributed by atoms with van der Waals surface area (Å²) in [6, 6.07) is 17.2. The van der Waals surface area contributed by atoms with E-state index in [2.05, 4.69) is 5.32 Å². The van der Waals surface area contributed by atoms with Gasteiger partial charge in [0, 0.05) is 23.7 Å². The van der Waals surface area contributed by atoms with E-state index in [1.807, 2.05) is 0 Å². The number of nitrogens with zero attached hydrogens (tertiary/aromatic N) is 2. The zero-order valence-electron chi connectivity index (χ0n) is 21.3. The van der Waals surface area contributed by atoms with Crippen LogP contribution < -0.4 is 14.6 Å². The molecule has 218 valence electrons. The molecule has 1 fully saturated rings. The molecule has 14 heteroatoms. The highest BCUT2D eigenvalue weighted by molar-refractivity contribution is 7.92. The lowest BCUT2D eigenvalue weighted by Crippen LogP contribution is -2.46. The number of alkyl halides is 3. The number of hydrogen-bond donors (Lipinski definition) is 1. The number of piperidine rings is 1. The van der Waals surface area contributed by atoms with E-state index < -0.39 is 40.5 Å². The highest BCUT2D eigenvalue weighted by Gasteiger charge is 2.41. The van der Waals surface area contributed by atoms with Gasteiger partial charge in [0.1, 0.15) is 0 Å². The van der Waals surface area contributed by atoms with Crippen LogP contribution in [-0.2, 0) is 14.8 Å². The summed E-state index contributed by atoms with van der Waals surface area (Å²) in [5, 5.41) is 2.84. The average Bonchev–Trinajstić information content (AvgIpc) is 2.95. The van der Waals surface area contributed by atoms with Crippen LogP contribution in [0.15, 0.2) is 77.7 Å². The van der Waals surface area contributed by atoms with Gasteiger partial charge in [0.05, 0.1) is 28.1 Å². The Morgan fingerprint density at radius 3 is 2.20 bits per heavy atom. The number of carbonyl (C=O) groups excluding carboxylic acids is 2. The van der Waals surface area contributed by atoms with Gasteiger partial charge in [0.15, 0.2) is 5.75 Å². The van der Waals surface area contributed by atoms with Crippen molar-refractivity contribution in [1.29, 1.82) is 0 Å². The van der Waals surface area contributed by atoms with E-state index in [0.29, 0.717) is 9.49 Å². The van der Waals surface area contributed by atoms with E-state index in [0.717, 1.165) is 0 Å². The van der Waals surface area contributed by atoms with Crippen LogP contribution in [0.5, 0.6) is 5.75 Å². The number of hydrogen-bond acceptors (Lipinski definition) is 5. The number of para-hydroxylation sites is 1. The Hall–Kier alpha value is -3.48. The smallest absolute Gasteiger partial charge is 0.363 e. The Morgan fingerprint density at radius 2 is 1.61 bits per heavy atom. The zero-order chi connectivity index (χ0) is 29.8. The van der Waals surface area contributed by atoms with Crippen LogP contribution in [0.2, 0.25) is 10.0 Å². The summed E-state index contributed by atoms with van der Waals surface area (Å²) in [5.41, 5.74) is 0.249. The number of benzene rings is 3. The van der Waals surface area contributed by atoms with Crippen LogP contribution in [-0.4, -0.2) is 50.9 Å². The minimum absolute atomic E-state index is 0.0341. The van der Waals surface area contributed by atoms with Crippen LogP contribution in [0.4, 0.5) is 18.9 Å². The van der Waals surface area contributed by atoms with Crippen molar-refractivity contribution in [2.45, 2.75) is 23.9 Å². The Balaban J connectivity index is 1.44. The molecule has 2 amide bonds. The minimum atomic E-state index is -4.33. The monoisotopic (exact) mass is 629 g/mol. The fraction of sp³-hybridized carbons (Fsp3) is 0.259. The molecule has 3 aromatic rings. The maximum Gasteiger partial charge on any atom is 0.391 e. The number of nitrogens with one attached hydrogen (secondary N) is 1. The molecule has 1 aliphatic rings. The second kappa shape index (κ2) is 12.6. The van der Waals surface area contributed by atoms with Crippen molar-refractivity contribution in [3.05, 3.63) is 88.4 Å². The molecule has 0 aromatic heterocycles. The second-order valence-corrected chi connectivity index (χ2v) is 11.7. The average molecular weight is 630 g/mol. The van der Waals surface area contributed by atoms with E-state index in [1.54, 1.807) is 18.2 Å². The molecule has 0 unspecified atom stereocenters. The lowest BCUT2D eigenvalue weighted by molar-refractivity contribution is -0.186. The Labute approximate surface area is 244 Å². The Bertz CT molecular complexity index is 1500. The summed E-state index contributed by atoms with van der Waals surface area (Å²) >= 11 is 12.1. The molecule has 1 N–H and O–H groups in total. The largest absolute Gasteiger partial charge is 0.391 e. The van der Waals surface area contributed by atoms with Gasteiger partial charge < -0.3 is 15.1 Å². The molecule has 0 radical (unpaired) electrons. The Morgan fingerprint density at radius 1 is 0.976 bits per heavy atom. The standard InChI is InChI=1S/C27H24Cl2F3N3O5S/c28-20-8-11-24(23(29)16-20)40-35(21-4-2-1-3-5-21)41(38,39)22-9-6-18(7-10-22)26(37)33-17-25(36)34-14-12-19(13-15-34)27(30,31)32/h1-11,16,19H,12-15,17H2,(H,33,37). The van der Waals surface area contributed by atoms with Gasteiger partial charge in [-0.05, 0) is 67.4 Å². The van der Waals surface area contributed by atoms with Gasteiger partial charge in [-0.2, -0.15) is 21.6 Å². The van der Waals surface area contributed by atoms with Gasteiger partial charge in [-0.3, -0.25) is 9.59 Å². The predicted molar refractivity (Wildman–Crippen MR) is 147 cm³/mol. The fourth-order valence-electron chi connectivity index (χ4n) is 4.13. The molecule has 3 aromatic carbocycles. The second-order valence-electron chi connectivity index (χ2n) is 9.14. The third-order valence-electron chi connectivity index (χ3n) is 6.39. The summed E-state index contributed by atoms with van der Waals surface area (Å²) in [6.45, 7) is -0.508. The summed E-state index contributed by atoms with van der Waals surface area (Å²) in [4.78, 5) is 31.8. The Kier molecular flexibility index (Phi) is 9.35. The van der Waals surface area contributed by atoms with E-state index in [4.69, 9.17) is 28.0 Å². The predicted octanol–water partition coefficient (Wildman–Crippen LogP) is 5.71. The minimum Gasteiger partial charge on any atom is -0.363 e. The molecule has 1 aliphatic heterocycles. The lowest BCUT2D eigenvalue weighted by atomic mass is 9.96. The van der Waals surface area contributed by atoms with Gasteiger partial charge in [0.2, 0.25) is 5.91 Å². The normalized spacial score (nSPS) is 14.4. The van der Waals surface area contributed by atoms with Gasteiger partial charge in [-0.25, -0.2) is 0 Å². The van der Waals surface area contributed by atoms with E-state index in [9.17, 15) is 31.2 Å². The number of amides is 2. The first kappa shape index (κ1) is 30.5. The molecule has 0 saturated carbocycles. The van der Waals surface area contributed by atoms with Crippen molar-refractivity contribution >= 4 is 50.7 Å². The molecule has 0 bridgehead atoms. The van der Waals surface area contributed by atoms with Crippen molar-refractivity contribution in [2.24, 2.45) is 5.92 Å². The molecule has 0 spiro atoms. The molecule has 1 saturated heterocycles. The highest BCUT2D eigenvalue weighted by atomic mass is 35.5. The van der Waals surface area contributed by atoms with Crippen LogP contribution in [0.25, 0.3) is 0 Å². The number of anilines is 1. The highest BCUT2D eigenvalue weighted by Crippen LogP contribution is 2.34. The summed E-state index contributed by atoms with van der Waals surface area (Å²) in [6.07, 6.45) is -4.67. The third-order valence-corrected chi connectivity index (χ3v) is 8.51. The summed E-state index contributed by atoms with van der Waals surface area (Å²) < 4.78 is 66.4. The topological polar surface area (TPSA) is 96.0 Å². The molecule has 8 nitrogen and oxygen atoms in total. The third kappa shape index (κ3) is 7.43. The first-order valence-electron chi connectivity index (χ1n) is 12.3. The van der Waals surface area contributed by atoms with Crippen LogP contribution in [0, 0.1) is 5.92 Å². The summed E-state index contributed by atoms with van der Waals surface area (Å²) in [7, 11) is -4.33. The van der Waals surface area contributed by atoms with Crippen LogP contribution in [0.3, 0.4) is 0 Å². The summed E-state index contributed by atoms with van der Waals surface area (Å²) in [5.74, 6) is -2.57. The molecule has 41 heavy (non-hydrogen) atoms. The van der Waals surface area contributed by atoms with Crippen molar-refractivity contribution in [1.82, 2.24) is 10.2 Å². The number of rotatable bonds is 8. The van der Waals surface area contributed by atoms with Crippen LogP contribution >= 0.6 is 23.2 Å². The number of halogens is 5. The van der Waals surface area contributed by atoms with Crippen molar-refractivity contribution < 1.29 is 36.0 Å². The van der Waals surface area contributed by atoms with E-state index in [1.165, 1.54) is 59.5 Å². The van der Waals surface area contributed by atoms with Gasteiger partial charge in [0.25, 0.3) is 15.9 Å². The maximum absolute atomic E-state index is 13.6. The fourth-order valence-corrected chi connectivity index (χ4v) is 5.82. The SMILES string of the molecule is O=C(NCC(=O)N1CCC(C(F)(F)F)CC1)c1ccc(S(=O)(=O)N(Oc2ccc(Cl)cc2Cl)c2ccccc2)cc1. The van der Waals surface area contributed by atoms with Gasteiger partial charge >= 0.3 is 6.18 Å². The zero-order valence-corrected chi connectivity index (χ0v) is 23.6. The van der Waals surface area contributed by atoms with E-state index in [-0.39, 0.29) is 52.8 Å². The number of likely N-dealkylation sites (tertiary alicyclic amines) is 1. The van der Waals surface area contributed by atoms with Gasteiger partial charge in [-0.1, -0.05) is 45.9 Å². The molecular weight excluding hydrogens is 606 g/mol. The molecular formula is C27H24Cl2F3N3O5S. The quantitative estimate of drug-likeness (QED) is 0.322. The number of sulfonamides is 1. The first-order valence-corrected chi connectivity index (χ1v) is 14.5. The van der Waals surface area contributed by atoms with Crippen molar-refractivity contribution in [3.63, 3.8) is 0 Å². The molecule has 0 aliphatic carbocycles. The van der Waals surface area contributed by atoms with Gasteiger partial charge in [-0.15, -0.1) is 0 Å². The molecule has 4 rings (SSSR count). The lowest BCUT2D eigenvalue weighted by Gasteiger charge is -2.33.